The van der Waals surface area contributed by atoms with Crippen molar-refractivity contribution in [2.24, 2.45) is 0 Å². The molecule has 0 aromatic rings. The first-order valence-corrected chi connectivity index (χ1v) is 3.65. The van der Waals surface area contributed by atoms with E-state index in [0.29, 0.717) is 0 Å². The van der Waals surface area contributed by atoms with E-state index in [0.717, 1.165) is 0 Å². The Bertz CT molecular complexity index is 103. The van der Waals surface area contributed by atoms with Gasteiger partial charge in [0.1, 0.15) is 0 Å². The second-order valence-corrected chi connectivity index (χ2v) is 2.15. The molecule has 0 fully saturated rings. The Kier molecular flexibility index (Phi) is 34.6. The summed E-state index contributed by atoms with van der Waals surface area (Å²) in [5.74, 6) is 2.25. The molecule has 11 heavy (non-hydrogen) atoms. The number of nitrogens with one attached hydrogen (secondary N) is 1. The van der Waals surface area contributed by atoms with Crippen molar-refractivity contribution in [1.29, 1.82) is 0 Å². The molecule has 0 aromatic heterocycles. The second-order valence-electron chi connectivity index (χ2n) is 2.15. The molecule has 1 N–H and O–H groups in total. The van der Waals surface area contributed by atoms with Gasteiger partial charge < -0.3 is 5.32 Å². The Labute approximate surface area is 71.9 Å². The van der Waals surface area contributed by atoms with E-state index < -0.39 is 0 Å². The smallest absolute Gasteiger partial charge is 0.00297 e. The van der Waals surface area contributed by atoms with Crippen molar-refractivity contribution in [3.8, 4) is 12.3 Å². The van der Waals surface area contributed by atoms with Gasteiger partial charge in [0.2, 0.25) is 0 Å². The van der Waals surface area contributed by atoms with Crippen molar-refractivity contribution in [2.45, 2.75) is 27.7 Å². The fraction of sp³-hybridized carbons (Fsp3) is 0.600. The van der Waals surface area contributed by atoms with Crippen LogP contribution >= 0.6 is 0 Å². The third-order valence-corrected chi connectivity index (χ3v) is 0.577. The number of hydrogen-bond acceptors (Lipinski definition) is 1. The molecule has 0 spiro atoms. The third-order valence-electron chi connectivity index (χ3n) is 0.577. The molecular formula is C10H21N. The van der Waals surface area contributed by atoms with E-state index in [1.807, 2.05) is 21.0 Å². The van der Waals surface area contributed by atoms with Crippen LogP contribution in [0.1, 0.15) is 27.7 Å². The monoisotopic (exact) mass is 155 g/mol. The van der Waals surface area contributed by atoms with Crippen molar-refractivity contribution in [3.63, 3.8) is 0 Å². The zero-order valence-corrected chi connectivity index (χ0v) is 8.65. The van der Waals surface area contributed by atoms with Gasteiger partial charge >= 0.3 is 0 Å². The molecule has 0 saturated carbocycles. The number of allylic oxidation sites excluding steroid dienone is 2. The molecule has 0 unspecified atom stereocenters. The molecule has 66 valence electrons. The summed E-state index contributed by atoms with van der Waals surface area (Å²) in [6.45, 7) is 7.86. The quantitative estimate of drug-likeness (QED) is 0.418. The first-order chi connectivity index (χ1) is 5.10. The average molecular weight is 155 g/mol. The fourth-order valence-electron chi connectivity index (χ4n) is 0. The van der Waals surface area contributed by atoms with E-state index in [-0.39, 0.29) is 0 Å². The number of rotatable bonds is 0. The lowest BCUT2D eigenvalue weighted by atomic mass is 10.3. The van der Waals surface area contributed by atoms with Gasteiger partial charge in [-0.25, -0.2) is 0 Å². The van der Waals surface area contributed by atoms with Crippen LogP contribution in [0.15, 0.2) is 11.6 Å². The summed E-state index contributed by atoms with van der Waals surface area (Å²) in [6.07, 6.45) is 6.68. The first-order valence-electron chi connectivity index (χ1n) is 3.65. The highest BCUT2D eigenvalue weighted by atomic mass is 14.7. The summed E-state index contributed by atoms with van der Waals surface area (Å²) in [7, 11) is 3.75. The number of terminal acetylenes is 1. The molecule has 0 amide bonds. The second kappa shape index (κ2) is 22.8. The van der Waals surface area contributed by atoms with Gasteiger partial charge in [0.25, 0.3) is 0 Å². The standard InChI is InChI=1S/C5H10.C3H4.C2H7N/c1-4-5(2)3;2*1-3-2/h4H,1-3H3;1H,2H3;3H,1-2H3. The molecule has 0 heterocycles. The van der Waals surface area contributed by atoms with Gasteiger partial charge in [-0.2, -0.15) is 0 Å². The summed E-state index contributed by atoms with van der Waals surface area (Å²) in [6, 6.07) is 0. The molecule has 0 saturated heterocycles. The van der Waals surface area contributed by atoms with E-state index >= 15 is 0 Å². The molecular weight excluding hydrogens is 134 g/mol. The Morgan fingerprint density at radius 2 is 1.45 bits per heavy atom. The minimum Gasteiger partial charge on any atom is -0.323 e. The molecule has 1 nitrogen and oxygen atoms in total. The SMILES string of the molecule is C#CC.CC=C(C)C.CNC. The summed E-state index contributed by atoms with van der Waals surface area (Å²) in [4.78, 5) is 0. The Morgan fingerprint density at radius 3 is 1.45 bits per heavy atom. The maximum absolute atomic E-state index is 4.60. The predicted molar refractivity (Wildman–Crippen MR) is 54.6 cm³/mol. The Hall–Kier alpha value is -0.740. The van der Waals surface area contributed by atoms with E-state index in [1.165, 1.54) is 5.57 Å². The molecule has 0 bridgehead atoms. The van der Waals surface area contributed by atoms with Crippen LogP contribution in [0.4, 0.5) is 0 Å². The van der Waals surface area contributed by atoms with Crippen molar-refractivity contribution in [1.82, 2.24) is 5.32 Å². The normalized spacial score (nSPS) is 5.55. The summed E-state index contributed by atoms with van der Waals surface area (Å²) < 4.78 is 0. The highest BCUT2D eigenvalue weighted by Crippen LogP contribution is 1.82. The van der Waals surface area contributed by atoms with Crippen LogP contribution in [0.3, 0.4) is 0 Å². The lowest BCUT2D eigenvalue weighted by Crippen LogP contribution is -1.89. The Morgan fingerprint density at radius 1 is 1.36 bits per heavy atom. The average Bonchev–Trinajstić information content (AvgIpc) is 1.91. The van der Waals surface area contributed by atoms with Gasteiger partial charge in [-0.3, -0.25) is 0 Å². The molecule has 0 radical (unpaired) electrons. The maximum Gasteiger partial charge on any atom is -0.00297 e. The van der Waals surface area contributed by atoms with Crippen LogP contribution in [0.25, 0.3) is 0 Å². The Balaban J connectivity index is -0.0000000933. The van der Waals surface area contributed by atoms with Crippen LogP contribution in [0, 0.1) is 12.3 Å². The van der Waals surface area contributed by atoms with Gasteiger partial charge in [-0.05, 0) is 41.8 Å². The van der Waals surface area contributed by atoms with Gasteiger partial charge in [-0.15, -0.1) is 12.3 Å². The molecule has 0 rings (SSSR count). The summed E-state index contributed by atoms with van der Waals surface area (Å²) in [5.41, 5.74) is 1.38. The maximum atomic E-state index is 4.60. The van der Waals surface area contributed by atoms with Crippen LogP contribution in [0.2, 0.25) is 0 Å². The minimum atomic E-state index is 1.38. The lowest BCUT2D eigenvalue weighted by molar-refractivity contribution is 1.02. The van der Waals surface area contributed by atoms with Crippen molar-refractivity contribution in [2.75, 3.05) is 14.1 Å². The van der Waals surface area contributed by atoms with Gasteiger partial charge in [-0.1, -0.05) is 11.6 Å². The molecule has 0 aromatic carbocycles. The molecule has 0 aliphatic rings. The molecule has 0 aliphatic carbocycles. The van der Waals surface area contributed by atoms with Crippen LogP contribution in [0.5, 0.6) is 0 Å². The summed E-state index contributed by atoms with van der Waals surface area (Å²) >= 11 is 0. The van der Waals surface area contributed by atoms with E-state index in [9.17, 15) is 0 Å². The molecule has 0 atom stereocenters. The minimum absolute atomic E-state index is 1.38. The molecule has 1 heteroatoms. The van der Waals surface area contributed by atoms with E-state index in [1.54, 1.807) is 6.92 Å². The van der Waals surface area contributed by atoms with Gasteiger partial charge in [0.05, 0.1) is 0 Å². The number of hydrogen-bond donors (Lipinski definition) is 1. The van der Waals surface area contributed by atoms with Gasteiger partial charge in [0, 0.05) is 0 Å². The van der Waals surface area contributed by atoms with Crippen LogP contribution < -0.4 is 5.32 Å². The zero-order chi connectivity index (χ0) is 9.70. The fourth-order valence-corrected chi connectivity index (χ4v) is 0. The zero-order valence-electron chi connectivity index (χ0n) is 8.65. The summed E-state index contributed by atoms with van der Waals surface area (Å²) in [5, 5.41) is 2.75. The topological polar surface area (TPSA) is 12.0 Å². The van der Waals surface area contributed by atoms with Crippen molar-refractivity contribution < 1.29 is 0 Å². The van der Waals surface area contributed by atoms with Crippen molar-refractivity contribution >= 4 is 0 Å². The highest BCUT2D eigenvalue weighted by Gasteiger charge is 1.60. The van der Waals surface area contributed by atoms with E-state index in [4.69, 9.17) is 0 Å². The van der Waals surface area contributed by atoms with Crippen LogP contribution in [-0.4, -0.2) is 14.1 Å². The third kappa shape index (κ3) is 307. The largest absolute Gasteiger partial charge is 0.323 e. The first kappa shape index (κ1) is 16.7. The van der Waals surface area contributed by atoms with Crippen molar-refractivity contribution in [3.05, 3.63) is 11.6 Å². The predicted octanol–water partition coefficient (Wildman–Crippen LogP) is 2.45. The van der Waals surface area contributed by atoms with Gasteiger partial charge in [0.15, 0.2) is 0 Å². The molecule has 0 aliphatic heterocycles. The van der Waals surface area contributed by atoms with Crippen LogP contribution in [-0.2, 0) is 0 Å². The lowest BCUT2D eigenvalue weighted by Gasteiger charge is -1.74. The highest BCUT2D eigenvalue weighted by molar-refractivity contribution is 4.88. The van der Waals surface area contributed by atoms with E-state index in [2.05, 4.69) is 37.6 Å².